The molecule has 0 saturated carbocycles. The number of rotatable bonds is 6. The lowest BCUT2D eigenvalue weighted by molar-refractivity contribution is -0.117. The highest BCUT2D eigenvalue weighted by Crippen LogP contribution is 2.49. The van der Waals surface area contributed by atoms with Gasteiger partial charge in [-0.2, -0.15) is 4.31 Å². The van der Waals surface area contributed by atoms with Gasteiger partial charge < -0.3 is 5.32 Å². The van der Waals surface area contributed by atoms with Gasteiger partial charge in [-0.3, -0.25) is 9.69 Å². The van der Waals surface area contributed by atoms with E-state index in [9.17, 15) is 13.2 Å². The number of nitrogens with one attached hydrogen (secondary N) is 1. The first-order valence-corrected chi connectivity index (χ1v) is 14.4. The molecule has 2 aliphatic heterocycles. The summed E-state index contributed by atoms with van der Waals surface area (Å²) in [7, 11) is -3.41. The molecular weight excluding hydrogens is 458 g/mol. The van der Waals surface area contributed by atoms with Crippen molar-refractivity contribution in [2.45, 2.75) is 63.7 Å². The maximum absolute atomic E-state index is 13.4. The second-order valence-electron chi connectivity index (χ2n) is 11.4. The van der Waals surface area contributed by atoms with Crippen molar-refractivity contribution >= 4 is 21.6 Å². The monoisotopic (exact) mass is 495 g/mol. The van der Waals surface area contributed by atoms with Gasteiger partial charge in [-0.25, -0.2) is 8.42 Å². The van der Waals surface area contributed by atoms with Crippen LogP contribution in [0.2, 0.25) is 0 Å². The fraction of sp³-hybridized carbons (Fsp3) is 0.536. The van der Waals surface area contributed by atoms with E-state index in [1.54, 1.807) is 4.31 Å². The van der Waals surface area contributed by atoms with Gasteiger partial charge in [-0.1, -0.05) is 36.4 Å². The fourth-order valence-electron chi connectivity index (χ4n) is 6.49. The van der Waals surface area contributed by atoms with Crippen molar-refractivity contribution in [3.63, 3.8) is 0 Å². The van der Waals surface area contributed by atoms with Crippen molar-refractivity contribution in [1.29, 1.82) is 0 Å². The van der Waals surface area contributed by atoms with E-state index < -0.39 is 15.6 Å². The quantitative estimate of drug-likeness (QED) is 0.652. The molecule has 2 aromatic rings. The molecule has 2 fully saturated rings. The molecule has 2 heterocycles. The Balaban J connectivity index is 1.17. The van der Waals surface area contributed by atoms with Gasteiger partial charge in [-0.15, -0.1) is 0 Å². The molecule has 35 heavy (non-hydrogen) atoms. The van der Waals surface area contributed by atoms with E-state index in [0.717, 1.165) is 56.4 Å². The third-order valence-corrected chi connectivity index (χ3v) is 10.1. The van der Waals surface area contributed by atoms with Gasteiger partial charge in [-0.05, 0) is 99.7 Å². The summed E-state index contributed by atoms with van der Waals surface area (Å²) < 4.78 is 28.5. The molecule has 1 amide bonds. The van der Waals surface area contributed by atoms with Crippen LogP contribution in [0.4, 0.5) is 5.69 Å². The van der Waals surface area contributed by atoms with Gasteiger partial charge in [0.15, 0.2) is 0 Å². The first-order chi connectivity index (χ1) is 16.6. The molecule has 1 N–H and O–H groups in total. The maximum Gasteiger partial charge on any atom is 0.238 e. The standard InChI is InChI=1S/C28H37N3O3S/c1-27(2)20-28(21-31(27)35(33,34)19-22-7-4-3-5-8-22)13-15-30(16-14-28)18-26(32)29-25-12-11-23-9-6-10-24(23)17-25/h3-5,7-8,11-12,17H,6,9-10,13-16,18-21H2,1-2H3,(H,29,32). The van der Waals surface area contributed by atoms with Crippen LogP contribution in [0, 0.1) is 5.41 Å². The van der Waals surface area contributed by atoms with Gasteiger partial charge in [0.2, 0.25) is 15.9 Å². The Bertz CT molecular complexity index is 1190. The summed E-state index contributed by atoms with van der Waals surface area (Å²) in [5.41, 5.74) is 4.07. The number of likely N-dealkylation sites (tertiary alicyclic amines) is 1. The van der Waals surface area contributed by atoms with Gasteiger partial charge in [0.05, 0.1) is 12.3 Å². The highest BCUT2D eigenvalue weighted by molar-refractivity contribution is 7.88. The van der Waals surface area contributed by atoms with E-state index in [2.05, 4.69) is 36.2 Å². The minimum atomic E-state index is -3.41. The number of hydrogen-bond donors (Lipinski definition) is 1. The number of carbonyl (C=O) groups is 1. The number of carbonyl (C=O) groups excluding carboxylic acids is 1. The zero-order valence-electron chi connectivity index (χ0n) is 20.9. The summed E-state index contributed by atoms with van der Waals surface area (Å²) in [6.07, 6.45) is 6.13. The number of hydrogen-bond acceptors (Lipinski definition) is 4. The second kappa shape index (κ2) is 9.34. The van der Waals surface area contributed by atoms with Crippen LogP contribution in [0.15, 0.2) is 48.5 Å². The molecule has 5 rings (SSSR count). The Morgan fingerprint density at radius 3 is 2.46 bits per heavy atom. The van der Waals surface area contributed by atoms with Crippen molar-refractivity contribution in [2.24, 2.45) is 5.41 Å². The summed E-state index contributed by atoms with van der Waals surface area (Å²) in [6.45, 7) is 6.71. The summed E-state index contributed by atoms with van der Waals surface area (Å²) in [5.74, 6) is 0.0696. The van der Waals surface area contributed by atoms with Crippen LogP contribution in [-0.2, 0) is 33.4 Å². The number of piperidine rings is 1. The van der Waals surface area contributed by atoms with Crippen LogP contribution in [0.5, 0.6) is 0 Å². The van der Waals surface area contributed by atoms with E-state index in [4.69, 9.17) is 0 Å². The normalized spacial score (nSPS) is 21.8. The van der Waals surface area contributed by atoms with E-state index in [-0.39, 0.29) is 17.1 Å². The predicted octanol–water partition coefficient (Wildman–Crippen LogP) is 4.21. The summed E-state index contributed by atoms with van der Waals surface area (Å²) in [6, 6.07) is 15.7. The second-order valence-corrected chi connectivity index (χ2v) is 13.3. The van der Waals surface area contributed by atoms with Crippen molar-refractivity contribution in [3.8, 4) is 0 Å². The predicted molar refractivity (Wildman–Crippen MR) is 140 cm³/mol. The maximum atomic E-state index is 13.4. The molecule has 188 valence electrons. The number of amides is 1. The molecule has 3 aliphatic rings. The zero-order chi connectivity index (χ0) is 24.7. The Morgan fingerprint density at radius 2 is 1.71 bits per heavy atom. The minimum absolute atomic E-state index is 0.0137. The average molecular weight is 496 g/mol. The minimum Gasteiger partial charge on any atom is -0.325 e. The SMILES string of the molecule is CC1(C)CC2(CCN(CC(=O)Nc3ccc4c(c3)CCC4)CC2)CN1S(=O)(=O)Cc1ccccc1. The Morgan fingerprint density at radius 1 is 1.00 bits per heavy atom. The van der Waals surface area contributed by atoms with Gasteiger partial charge in [0, 0.05) is 17.8 Å². The van der Waals surface area contributed by atoms with E-state index in [1.807, 2.05) is 36.4 Å². The first-order valence-electron chi connectivity index (χ1n) is 12.8. The highest BCUT2D eigenvalue weighted by atomic mass is 32.2. The smallest absolute Gasteiger partial charge is 0.238 e. The number of nitrogens with zero attached hydrogens (tertiary/aromatic N) is 2. The van der Waals surface area contributed by atoms with E-state index in [0.29, 0.717) is 13.1 Å². The van der Waals surface area contributed by atoms with Gasteiger partial charge >= 0.3 is 0 Å². The number of anilines is 1. The van der Waals surface area contributed by atoms with Crippen LogP contribution in [0.1, 0.15) is 56.2 Å². The number of aryl methyl sites for hydroxylation is 2. The van der Waals surface area contributed by atoms with Gasteiger partial charge in [0.1, 0.15) is 0 Å². The Labute approximate surface area is 209 Å². The zero-order valence-corrected chi connectivity index (χ0v) is 21.7. The fourth-order valence-corrected chi connectivity index (χ4v) is 8.55. The lowest BCUT2D eigenvalue weighted by Crippen LogP contribution is -2.45. The highest BCUT2D eigenvalue weighted by Gasteiger charge is 2.53. The van der Waals surface area contributed by atoms with Crippen LogP contribution in [0.3, 0.4) is 0 Å². The molecule has 2 aromatic carbocycles. The number of fused-ring (bicyclic) bond motifs is 1. The Hall–Kier alpha value is -2.22. The molecule has 1 spiro atoms. The molecule has 1 aliphatic carbocycles. The van der Waals surface area contributed by atoms with Crippen molar-refractivity contribution in [1.82, 2.24) is 9.21 Å². The van der Waals surface area contributed by atoms with Crippen LogP contribution >= 0.6 is 0 Å². The summed E-state index contributed by atoms with van der Waals surface area (Å²) in [5, 5.41) is 3.08. The lowest BCUT2D eigenvalue weighted by atomic mass is 9.74. The molecule has 0 bridgehead atoms. The molecule has 0 aromatic heterocycles. The van der Waals surface area contributed by atoms with Crippen molar-refractivity contribution < 1.29 is 13.2 Å². The third kappa shape index (κ3) is 5.32. The van der Waals surface area contributed by atoms with Crippen LogP contribution in [0.25, 0.3) is 0 Å². The average Bonchev–Trinajstić information content (AvgIpc) is 3.37. The molecule has 6 nitrogen and oxygen atoms in total. The largest absolute Gasteiger partial charge is 0.325 e. The summed E-state index contributed by atoms with van der Waals surface area (Å²) >= 11 is 0. The number of benzene rings is 2. The molecule has 0 radical (unpaired) electrons. The molecule has 2 saturated heterocycles. The lowest BCUT2D eigenvalue weighted by Gasteiger charge is -2.39. The topological polar surface area (TPSA) is 69.7 Å². The Kier molecular flexibility index (Phi) is 6.53. The first kappa shape index (κ1) is 24.5. The van der Waals surface area contributed by atoms with Crippen LogP contribution < -0.4 is 5.32 Å². The van der Waals surface area contributed by atoms with Crippen molar-refractivity contribution in [2.75, 3.05) is 31.5 Å². The third-order valence-electron chi connectivity index (χ3n) is 8.16. The number of sulfonamides is 1. The van der Waals surface area contributed by atoms with Crippen molar-refractivity contribution in [3.05, 3.63) is 65.2 Å². The molecular formula is C28H37N3O3S. The molecule has 0 atom stereocenters. The van der Waals surface area contributed by atoms with Gasteiger partial charge in [0.25, 0.3) is 0 Å². The molecule has 7 heteroatoms. The van der Waals surface area contributed by atoms with E-state index in [1.165, 1.54) is 17.5 Å². The molecule has 0 unspecified atom stereocenters. The van der Waals surface area contributed by atoms with Crippen LogP contribution in [-0.4, -0.2) is 55.2 Å². The van der Waals surface area contributed by atoms with E-state index >= 15 is 0 Å². The summed E-state index contributed by atoms with van der Waals surface area (Å²) in [4.78, 5) is 14.9.